The highest BCUT2D eigenvalue weighted by molar-refractivity contribution is 5.78. The molecular formula is C17H25ClNO2. The zero-order valence-corrected chi connectivity index (χ0v) is 13.8. The third-order valence-corrected chi connectivity index (χ3v) is 3.18. The van der Waals surface area contributed by atoms with E-state index in [9.17, 15) is 0 Å². The molecule has 0 spiro atoms. The van der Waals surface area contributed by atoms with Crippen LogP contribution in [0.1, 0.15) is 24.9 Å². The van der Waals surface area contributed by atoms with Crippen molar-refractivity contribution in [1.82, 2.24) is 0 Å². The molecule has 0 aliphatic heterocycles. The molecule has 1 aromatic rings. The van der Waals surface area contributed by atoms with Gasteiger partial charge in [-0.05, 0) is 6.08 Å². The molecule has 0 bridgehead atoms. The maximum atomic E-state index is 9.14. The summed E-state index contributed by atoms with van der Waals surface area (Å²) in [6.07, 6.45) is 3.89. The number of hydrogen-bond acceptors (Lipinski definition) is 1. The van der Waals surface area contributed by atoms with Crippen LogP contribution in [-0.4, -0.2) is 31.1 Å². The predicted octanol–water partition coefficient (Wildman–Crippen LogP) is 0.534. The molecule has 0 aliphatic carbocycles. The van der Waals surface area contributed by atoms with Crippen molar-refractivity contribution in [2.24, 2.45) is 0 Å². The molecule has 1 unspecified atom stereocenters. The van der Waals surface area contributed by atoms with E-state index in [2.05, 4.69) is 64.5 Å². The molecule has 4 heteroatoms. The minimum Gasteiger partial charge on any atom is -1.00 e. The number of rotatable bonds is 6. The molecule has 0 aromatic heterocycles. The zero-order chi connectivity index (χ0) is 15.6. The first-order valence-corrected chi connectivity index (χ1v) is 6.71. The van der Waals surface area contributed by atoms with Crippen LogP contribution in [0.5, 0.6) is 0 Å². The average molecular weight is 311 g/mol. The molecule has 0 fully saturated rings. The molecule has 0 saturated heterocycles. The average Bonchev–Trinajstić information content (AvgIpc) is 2.41. The number of halogens is 1. The second-order valence-corrected chi connectivity index (χ2v) is 5.11. The molecule has 0 heterocycles. The molecule has 0 saturated carbocycles. The second-order valence-electron chi connectivity index (χ2n) is 5.11. The van der Waals surface area contributed by atoms with E-state index in [1.165, 1.54) is 5.56 Å². The SMILES string of the molecule is C=CC([O])=O.C=CC[N+](C)(C)C(CC)c1ccccc1.[Cl-]. The minimum atomic E-state index is -1.23. The standard InChI is InChI=1S/C14H22N.C3H3O2.ClH/c1-5-12-15(3,4)14(6-2)13-10-8-7-9-11-13;1-2-3(4)5;/h5,7-11,14H,1,6,12H2,2-4H3;2H,1H2;1H/q+1;;/p-1. The lowest BCUT2D eigenvalue weighted by atomic mass is 10.0. The van der Waals surface area contributed by atoms with Crippen LogP contribution in [0.4, 0.5) is 0 Å². The number of carbonyl (C=O) groups excluding carboxylic acids is 1. The summed E-state index contributed by atoms with van der Waals surface area (Å²) in [6, 6.07) is 11.3. The highest BCUT2D eigenvalue weighted by atomic mass is 35.5. The summed E-state index contributed by atoms with van der Waals surface area (Å²) in [5, 5.41) is 9.14. The molecule has 1 atom stereocenters. The number of carbonyl (C=O) groups is 1. The van der Waals surface area contributed by atoms with Gasteiger partial charge in [0.2, 0.25) is 0 Å². The molecule has 0 N–H and O–H groups in total. The van der Waals surface area contributed by atoms with Gasteiger partial charge in [-0.25, -0.2) is 9.90 Å². The van der Waals surface area contributed by atoms with E-state index in [4.69, 9.17) is 9.90 Å². The van der Waals surface area contributed by atoms with Crippen molar-refractivity contribution in [2.45, 2.75) is 19.4 Å². The van der Waals surface area contributed by atoms with Crippen LogP contribution < -0.4 is 12.4 Å². The van der Waals surface area contributed by atoms with Gasteiger partial charge >= 0.3 is 5.97 Å². The Labute approximate surface area is 134 Å². The fourth-order valence-corrected chi connectivity index (χ4v) is 2.27. The van der Waals surface area contributed by atoms with Crippen molar-refractivity contribution in [3.63, 3.8) is 0 Å². The van der Waals surface area contributed by atoms with E-state index >= 15 is 0 Å². The van der Waals surface area contributed by atoms with Gasteiger partial charge in [0, 0.05) is 18.1 Å². The Kier molecular flexibility index (Phi) is 11.5. The minimum absolute atomic E-state index is 0. The summed E-state index contributed by atoms with van der Waals surface area (Å²) in [7, 11) is 4.53. The van der Waals surface area contributed by atoms with Gasteiger partial charge in [-0.3, -0.25) is 0 Å². The Hall–Kier alpha value is -1.58. The van der Waals surface area contributed by atoms with Crippen LogP contribution in [0.2, 0.25) is 0 Å². The maximum Gasteiger partial charge on any atom is 0.378 e. The Balaban J connectivity index is 0. The third kappa shape index (κ3) is 8.33. The van der Waals surface area contributed by atoms with Gasteiger partial charge in [0.15, 0.2) is 0 Å². The molecule has 0 amide bonds. The summed E-state index contributed by atoms with van der Waals surface area (Å²) >= 11 is 0. The van der Waals surface area contributed by atoms with Gasteiger partial charge in [-0.1, -0.05) is 50.4 Å². The Morgan fingerprint density at radius 3 is 2.05 bits per heavy atom. The Morgan fingerprint density at radius 2 is 1.71 bits per heavy atom. The fourth-order valence-electron chi connectivity index (χ4n) is 2.27. The predicted molar refractivity (Wildman–Crippen MR) is 82.5 cm³/mol. The van der Waals surface area contributed by atoms with Crippen molar-refractivity contribution < 1.29 is 26.8 Å². The largest absolute Gasteiger partial charge is 1.00 e. The van der Waals surface area contributed by atoms with E-state index in [1.54, 1.807) is 0 Å². The lowest BCUT2D eigenvalue weighted by Crippen LogP contribution is -3.00. The first-order valence-electron chi connectivity index (χ1n) is 6.71. The van der Waals surface area contributed by atoms with Gasteiger partial charge in [0.05, 0.1) is 20.6 Å². The number of likely N-dealkylation sites (N-methyl/N-ethyl adjacent to an activating group) is 1. The normalized spacial score (nSPS) is 11.2. The number of quaternary nitrogens is 1. The van der Waals surface area contributed by atoms with Crippen molar-refractivity contribution in [3.05, 3.63) is 61.2 Å². The van der Waals surface area contributed by atoms with Crippen molar-refractivity contribution in [3.8, 4) is 0 Å². The van der Waals surface area contributed by atoms with Gasteiger partial charge in [-0.15, -0.1) is 0 Å². The van der Waals surface area contributed by atoms with Crippen molar-refractivity contribution in [1.29, 1.82) is 0 Å². The molecule has 3 nitrogen and oxygen atoms in total. The summed E-state index contributed by atoms with van der Waals surface area (Å²) in [6.45, 7) is 10.00. The lowest BCUT2D eigenvalue weighted by molar-refractivity contribution is -0.915. The smallest absolute Gasteiger partial charge is 0.378 e. The molecular weight excluding hydrogens is 286 g/mol. The van der Waals surface area contributed by atoms with Gasteiger partial charge in [0.1, 0.15) is 6.04 Å². The molecule has 1 aromatic carbocycles. The van der Waals surface area contributed by atoms with Crippen molar-refractivity contribution >= 4 is 5.97 Å². The van der Waals surface area contributed by atoms with Crippen LogP contribution in [0.15, 0.2) is 55.6 Å². The Bertz CT molecular complexity index is 430. The van der Waals surface area contributed by atoms with Crippen LogP contribution in [0.3, 0.4) is 0 Å². The van der Waals surface area contributed by atoms with Crippen molar-refractivity contribution in [2.75, 3.05) is 20.6 Å². The maximum absolute atomic E-state index is 9.14. The van der Waals surface area contributed by atoms with E-state index < -0.39 is 5.97 Å². The number of benzene rings is 1. The molecule has 0 aliphatic rings. The summed E-state index contributed by atoms with van der Waals surface area (Å²) in [5.74, 6) is -1.23. The lowest BCUT2D eigenvalue weighted by Gasteiger charge is -2.37. The molecule has 1 radical (unpaired) electrons. The summed E-state index contributed by atoms with van der Waals surface area (Å²) in [5.41, 5.74) is 1.42. The highest BCUT2D eigenvalue weighted by Crippen LogP contribution is 2.27. The number of hydrogen-bond donors (Lipinski definition) is 0. The number of nitrogens with zero attached hydrogens (tertiary/aromatic N) is 1. The van der Waals surface area contributed by atoms with Gasteiger partial charge in [-0.2, -0.15) is 0 Å². The van der Waals surface area contributed by atoms with E-state index in [1.807, 2.05) is 6.08 Å². The summed E-state index contributed by atoms with van der Waals surface area (Å²) < 4.78 is 0.976. The van der Waals surface area contributed by atoms with E-state index in [0.717, 1.165) is 23.5 Å². The molecule has 1 rings (SSSR count). The van der Waals surface area contributed by atoms with Gasteiger partial charge < -0.3 is 16.9 Å². The van der Waals surface area contributed by atoms with Crippen LogP contribution >= 0.6 is 0 Å². The first kappa shape index (κ1) is 21.7. The van der Waals surface area contributed by atoms with Gasteiger partial charge in [0.25, 0.3) is 0 Å². The second kappa shape index (κ2) is 11.1. The molecule has 117 valence electrons. The van der Waals surface area contributed by atoms with Crippen LogP contribution in [-0.2, 0) is 9.90 Å². The van der Waals surface area contributed by atoms with E-state index in [-0.39, 0.29) is 12.4 Å². The van der Waals surface area contributed by atoms with E-state index in [0.29, 0.717) is 6.04 Å². The van der Waals surface area contributed by atoms with Crippen LogP contribution in [0.25, 0.3) is 0 Å². The highest BCUT2D eigenvalue weighted by Gasteiger charge is 2.26. The first-order chi connectivity index (χ1) is 9.38. The quantitative estimate of drug-likeness (QED) is 0.429. The van der Waals surface area contributed by atoms with Crippen LogP contribution in [0, 0.1) is 0 Å². The fraction of sp³-hybridized carbons (Fsp3) is 0.353. The Morgan fingerprint density at radius 1 is 1.24 bits per heavy atom. The monoisotopic (exact) mass is 310 g/mol. The summed E-state index contributed by atoms with van der Waals surface area (Å²) in [4.78, 5) is 9.14. The zero-order valence-electron chi connectivity index (χ0n) is 13.1. The molecule has 21 heavy (non-hydrogen) atoms. The third-order valence-electron chi connectivity index (χ3n) is 3.18. The topological polar surface area (TPSA) is 37.0 Å².